The van der Waals surface area contributed by atoms with Crippen LogP contribution in [0.1, 0.15) is 40.9 Å². The third-order valence-corrected chi connectivity index (χ3v) is 6.19. The largest absolute Gasteiger partial charge is 0.488 e. The van der Waals surface area contributed by atoms with Crippen molar-refractivity contribution in [3.63, 3.8) is 0 Å². The van der Waals surface area contributed by atoms with Crippen molar-refractivity contribution in [1.82, 2.24) is 0 Å². The van der Waals surface area contributed by atoms with Gasteiger partial charge >= 0.3 is 0 Å². The summed E-state index contributed by atoms with van der Waals surface area (Å²) >= 11 is 1.27. The number of rotatable bonds is 6. The molecule has 0 radical (unpaired) electrons. The first-order valence-corrected chi connectivity index (χ1v) is 10.2. The molecule has 0 bridgehead atoms. The predicted octanol–water partition coefficient (Wildman–Crippen LogP) is 5.76. The Morgan fingerprint density at radius 2 is 1.96 bits per heavy atom. The molecular formula is C22H22FNO3S. The van der Waals surface area contributed by atoms with Gasteiger partial charge in [-0.1, -0.05) is 18.2 Å². The molecule has 1 amide bonds. The fraction of sp³-hybridized carbons (Fsp3) is 0.318. The van der Waals surface area contributed by atoms with Crippen LogP contribution in [0, 0.1) is 5.82 Å². The lowest BCUT2D eigenvalue weighted by Crippen LogP contribution is -2.16. The van der Waals surface area contributed by atoms with Crippen molar-refractivity contribution < 1.29 is 18.7 Å². The van der Waals surface area contributed by atoms with Gasteiger partial charge in [-0.25, -0.2) is 4.39 Å². The summed E-state index contributed by atoms with van der Waals surface area (Å²) in [7, 11) is 1.54. The molecule has 0 spiro atoms. The predicted molar refractivity (Wildman–Crippen MR) is 110 cm³/mol. The lowest BCUT2D eigenvalue weighted by Gasteiger charge is -2.17. The molecule has 6 heteroatoms. The van der Waals surface area contributed by atoms with Crippen molar-refractivity contribution in [3.8, 4) is 5.75 Å². The van der Waals surface area contributed by atoms with E-state index in [0.29, 0.717) is 27.3 Å². The van der Waals surface area contributed by atoms with E-state index >= 15 is 0 Å². The van der Waals surface area contributed by atoms with Crippen molar-refractivity contribution in [2.75, 3.05) is 12.4 Å². The van der Waals surface area contributed by atoms with E-state index in [4.69, 9.17) is 9.47 Å². The number of amides is 1. The topological polar surface area (TPSA) is 47.6 Å². The Morgan fingerprint density at radius 1 is 1.18 bits per heavy atom. The molecule has 0 atom stereocenters. The summed E-state index contributed by atoms with van der Waals surface area (Å²) in [4.78, 5) is 13.5. The minimum Gasteiger partial charge on any atom is -0.488 e. The molecule has 4 rings (SSSR count). The van der Waals surface area contributed by atoms with Crippen LogP contribution in [0.3, 0.4) is 0 Å². The Kier molecular flexibility index (Phi) is 5.59. The van der Waals surface area contributed by atoms with Crippen LogP contribution < -0.4 is 10.1 Å². The fourth-order valence-electron chi connectivity index (χ4n) is 3.67. The highest BCUT2D eigenvalue weighted by Crippen LogP contribution is 2.35. The molecule has 0 aliphatic heterocycles. The summed E-state index contributed by atoms with van der Waals surface area (Å²) in [6.45, 7) is 0.171. The van der Waals surface area contributed by atoms with E-state index in [9.17, 15) is 9.18 Å². The van der Waals surface area contributed by atoms with Gasteiger partial charge in [-0.05, 0) is 49.9 Å². The Morgan fingerprint density at radius 3 is 2.75 bits per heavy atom. The molecule has 1 heterocycles. The zero-order valence-electron chi connectivity index (χ0n) is 15.7. The quantitative estimate of drug-likeness (QED) is 0.573. The minimum absolute atomic E-state index is 0.171. The highest BCUT2D eigenvalue weighted by molar-refractivity contribution is 7.21. The highest BCUT2D eigenvalue weighted by atomic mass is 32.1. The molecule has 1 aliphatic carbocycles. The number of benzene rings is 2. The van der Waals surface area contributed by atoms with E-state index in [1.165, 1.54) is 37.4 Å². The maximum absolute atomic E-state index is 14.4. The molecule has 3 aromatic rings. The molecule has 1 aromatic heterocycles. The van der Waals surface area contributed by atoms with Gasteiger partial charge in [0.05, 0.1) is 23.3 Å². The third-order valence-electron chi connectivity index (χ3n) is 4.99. The van der Waals surface area contributed by atoms with E-state index < -0.39 is 0 Å². The van der Waals surface area contributed by atoms with Gasteiger partial charge in [-0.2, -0.15) is 0 Å². The Balaban J connectivity index is 1.64. The van der Waals surface area contributed by atoms with E-state index in [0.717, 1.165) is 17.5 Å². The van der Waals surface area contributed by atoms with Crippen molar-refractivity contribution in [2.24, 2.45) is 0 Å². The number of fused-ring (bicyclic) bond motifs is 1. The maximum atomic E-state index is 14.4. The van der Waals surface area contributed by atoms with Crippen molar-refractivity contribution in [1.29, 1.82) is 0 Å². The second-order valence-corrected chi connectivity index (χ2v) is 7.98. The van der Waals surface area contributed by atoms with Gasteiger partial charge in [0, 0.05) is 22.8 Å². The normalized spacial score (nSPS) is 14.5. The molecule has 1 fully saturated rings. The SMILES string of the molecule is COCc1c(C(=O)Nc2ccccc2OC2CCCC2)sc2cccc(F)c12. The van der Waals surface area contributed by atoms with E-state index in [-0.39, 0.29) is 24.4 Å². The number of thiophene rings is 1. The first-order valence-electron chi connectivity index (χ1n) is 9.43. The molecule has 146 valence electrons. The van der Waals surface area contributed by atoms with Gasteiger partial charge in [0.25, 0.3) is 5.91 Å². The molecule has 28 heavy (non-hydrogen) atoms. The van der Waals surface area contributed by atoms with Crippen molar-refractivity contribution >= 4 is 33.0 Å². The van der Waals surface area contributed by atoms with Crippen LogP contribution in [0.2, 0.25) is 0 Å². The number of carbonyl (C=O) groups is 1. The van der Waals surface area contributed by atoms with Crippen LogP contribution in [0.5, 0.6) is 5.75 Å². The Labute approximate surface area is 167 Å². The average Bonchev–Trinajstić information content (AvgIpc) is 3.32. The molecule has 4 nitrogen and oxygen atoms in total. The molecule has 0 saturated heterocycles. The number of hydrogen-bond acceptors (Lipinski definition) is 4. The number of para-hydroxylation sites is 2. The molecule has 1 N–H and O–H groups in total. The molecule has 0 unspecified atom stereocenters. The Bertz CT molecular complexity index is 995. The van der Waals surface area contributed by atoms with Crippen LogP contribution in [0.15, 0.2) is 42.5 Å². The zero-order chi connectivity index (χ0) is 19.5. The molecule has 1 saturated carbocycles. The number of ether oxygens (including phenoxy) is 2. The van der Waals surface area contributed by atoms with Crippen LogP contribution in [-0.4, -0.2) is 19.1 Å². The van der Waals surface area contributed by atoms with Gasteiger partial charge in [0.15, 0.2) is 0 Å². The zero-order valence-corrected chi connectivity index (χ0v) is 16.5. The van der Waals surface area contributed by atoms with Gasteiger partial charge in [-0.15, -0.1) is 11.3 Å². The van der Waals surface area contributed by atoms with Crippen molar-refractivity contribution in [2.45, 2.75) is 38.4 Å². The van der Waals surface area contributed by atoms with Gasteiger partial charge in [0.2, 0.25) is 0 Å². The van der Waals surface area contributed by atoms with Crippen LogP contribution in [-0.2, 0) is 11.3 Å². The molecular weight excluding hydrogens is 377 g/mol. The van der Waals surface area contributed by atoms with Crippen LogP contribution >= 0.6 is 11.3 Å². The van der Waals surface area contributed by atoms with Crippen LogP contribution in [0.4, 0.5) is 10.1 Å². The fourth-order valence-corrected chi connectivity index (χ4v) is 4.79. The van der Waals surface area contributed by atoms with Crippen LogP contribution in [0.25, 0.3) is 10.1 Å². The minimum atomic E-state index is -0.343. The average molecular weight is 399 g/mol. The lowest BCUT2D eigenvalue weighted by molar-refractivity contribution is 0.102. The number of carbonyl (C=O) groups excluding carboxylic acids is 1. The highest BCUT2D eigenvalue weighted by Gasteiger charge is 2.23. The second kappa shape index (κ2) is 8.29. The number of anilines is 1. The van der Waals surface area contributed by atoms with Gasteiger partial charge < -0.3 is 14.8 Å². The monoisotopic (exact) mass is 399 g/mol. The third kappa shape index (κ3) is 3.75. The lowest BCUT2D eigenvalue weighted by atomic mass is 10.1. The van der Waals surface area contributed by atoms with E-state index in [1.807, 2.05) is 30.3 Å². The summed E-state index contributed by atoms with van der Waals surface area (Å²) in [6.07, 6.45) is 4.62. The number of halogens is 1. The summed E-state index contributed by atoms with van der Waals surface area (Å²) < 4.78 is 26.4. The summed E-state index contributed by atoms with van der Waals surface area (Å²) in [5, 5.41) is 3.40. The summed E-state index contributed by atoms with van der Waals surface area (Å²) in [5.74, 6) is 0.0447. The number of hydrogen-bond donors (Lipinski definition) is 1. The smallest absolute Gasteiger partial charge is 0.266 e. The second-order valence-electron chi connectivity index (χ2n) is 6.93. The first-order chi connectivity index (χ1) is 13.7. The van der Waals surface area contributed by atoms with Gasteiger partial charge in [0.1, 0.15) is 11.6 Å². The van der Waals surface area contributed by atoms with E-state index in [2.05, 4.69) is 5.32 Å². The van der Waals surface area contributed by atoms with Crippen molar-refractivity contribution in [3.05, 3.63) is 58.7 Å². The standard InChI is InChI=1S/C22H22FNO3S/c1-26-13-15-20-16(23)9-6-12-19(20)28-21(15)22(25)24-17-10-4-5-11-18(17)27-14-7-2-3-8-14/h4-6,9-12,14H,2-3,7-8,13H2,1H3,(H,24,25). The number of nitrogens with one attached hydrogen (secondary N) is 1. The van der Waals surface area contributed by atoms with Gasteiger partial charge in [-0.3, -0.25) is 4.79 Å². The maximum Gasteiger partial charge on any atom is 0.266 e. The first kappa shape index (κ1) is 18.9. The molecule has 2 aromatic carbocycles. The Hall–Kier alpha value is -2.44. The molecule has 1 aliphatic rings. The summed E-state index contributed by atoms with van der Waals surface area (Å²) in [5.41, 5.74) is 1.20. The number of methoxy groups -OCH3 is 1. The van der Waals surface area contributed by atoms with E-state index in [1.54, 1.807) is 6.07 Å². The summed E-state index contributed by atoms with van der Waals surface area (Å²) in [6, 6.07) is 12.3.